The first-order valence-corrected chi connectivity index (χ1v) is 5.82. The Morgan fingerprint density at radius 3 is 2.61 bits per heavy atom. The summed E-state index contributed by atoms with van der Waals surface area (Å²) in [6.07, 6.45) is 2.72. The van der Waals surface area contributed by atoms with Gasteiger partial charge in [-0.15, -0.1) is 0 Å². The molecule has 0 aromatic heterocycles. The van der Waals surface area contributed by atoms with Gasteiger partial charge in [0.1, 0.15) is 5.75 Å². The van der Waals surface area contributed by atoms with Crippen molar-refractivity contribution in [3.8, 4) is 5.75 Å². The third kappa shape index (κ3) is 4.59. The lowest BCUT2D eigenvalue weighted by Crippen LogP contribution is -2.22. The van der Waals surface area contributed by atoms with Gasteiger partial charge < -0.3 is 14.6 Å². The molecule has 1 N–H and O–H groups in total. The molecule has 0 fully saturated rings. The first-order valence-electron chi connectivity index (χ1n) is 5.82. The minimum atomic E-state index is -1.10. The molecule has 0 aliphatic carbocycles. The van der Waals surface area contributed by atoms with Crippen LogP contribution in [0.5, 0.6) is 5.75 Å². The number of hydrogen-bond donors (Lipinski definition) is 1. The summed E-state index contributed by atoms with van der Waals surface area (Å²) in [6.45, 7) is 1.98. The molecule has 4 nitrogen and oxygen atoms in total. The molecule has 98 valence electrons. The van der Waals surface area contributed by atoms with E-state index in [1.165, 1.54) is 0 Å². The molecule has 18 heavy (non-hydrogen) atoms. The maximum absolute atomic E-state index is 11.1. The van der Waals surface area contributed by atoms with Crippen LogP contribution < -0.4 is 4.74 Å². The van der Waals surface area contributed by atoms with Crippen molar-refractivity contribution < 1.29 is 19.4 Å². The zero-order valence-corrected chi connectivity index (χ0v) is 10.6. The minimum Gasteiger partial charge on any atom is -0.497 e. The lowest BCUT2D eigenvalue weighted by Gasteiger charge is -2.06. The highest BCUT2D eigenvalue weighted by Crippen LogP contribution is 2.12. The lowest BCUT2D eigenvalue weighted by atomic mass is 10.1. The van der Waals surface area contributed by atoms with Gasteiger partial charge >= 0.3 is 5.97 Å². The standard InChI is InChI=1S/C14H18O4/c1-3-18-14(16)13(15)6-4-5-11-7-9-12(17-2)10-8-11/h4-5,7-10,13,15H,3,6H2,1-2H3/b5-4+. The smallest absolute Gasteiger partial charge is 0.335 e. The van der Waals surface area contributed by atoms with Crippen molar-refractivity contribution in [2.24, 2.45) is 0 Å². The van der Waals surface area contributed by atoms with Crippen LogP contribution >= 0.6 is 0 Å². The Balaban J connectivity index is 2.46. The van der Waals surface area contributed by atoms with E-state index < -0.39 is 12.1 Å². The predicted octanol–water partition coefficient (Wildman–Crippen LogP) is 2.02. The Kier molecular flexibility index (Phi) is 5.94. The summed E-state index contributed by atoms with van der Waals surface area (Å²) in [7, 11) is 1.61. The van der Waals surface area contributed by atoms with Gasteiger partial charge in [-0.2, -0.15) is 0 Å². The Hall–Kier alpha value is -1.81. The van der Waals surface area contributed by atoms with Crippen LogP contribution in [0.1, 0.15) is 18.9 Å². The maximum Gasteiger partial charge on any atom is 0.335 e. The summed E-state index contributed by atoms with van der Waals surface area (Å²) >= 11 is 0. The fraction of sp³-hybridized carbons (Fsp3) is 0.357. The number of rotatable bonds is 6. The average molecular weight is 250 g/mol. The molecule has 1 aromatic carbocycles. The number of aliphatic hydroxyl groups excluding tert-OH is 1. The van der Waals surface area contributed by atoms with Crippen molar-refractivity contribution in [2.45, 2.75) is 19.4 Å². The number of benzene rings is 1. The van der Waals surface area contributed by atoms with E-state index in [1.807, 2.05) is 30.3 Å². The summed E-state index contributed by atoms with van der Waals surface area (Å²) < 4.78 is 9.74. The van der Waals surface area contributed by atoms with E-state index >= 15 is 0 Å². The Labute approximate surface area is 107 Å². The Morgan fingerprint density at radius 2 is 2.06 bits per heavy atom. The highest BCUT2D eigenvalue weighted by atomic mass is 16.5. The van der Waals surface area contributed by atoms with Gasteiger partial charge in [0, 0.05) is 6.42 Å². The van der Waals surface area contributed by atoms with E-state index in [1.54, 1.807) is 20.1 Å². The van der Waals surface area contributed by atoms with Crippen molar-refractivity contribution in [1.82, 2.24) is 0 Å². The van der Waals surface area contributed by atoms with E-state index in [9.17, 15) is 9.90 Å². The molecule has 1 unspecified atom stereocenters. The zero-order chi connectivity index (χ0) is 13.4. The average Bonchev–Trinajstić information content (AvgIpc) is 2.39. The van der Waals surface area contributed by atoms with Crippen molar-refractivity contribution in [3.63, 3.8) is 0 Å². The Morgan fingerprint density at radius 1 is 1.39 bits per heavy atom. The summed E-state index contributed by atoms with van der Waals surface area (Å²) in [5.41, 5.74) is 0.979. The summed E-state index contributed by atoms with van der Waals surface area (Å²) in [6, 6.07) is 7.49. The molecule has 1 aromatic rings. The van der Waals surface area contributed by atoms with Crippen molar-refractivity contribution in [2.75, 3.05) is 13.7 Å². The number of esters is 1. The van der Waals surface area contributed by atoms with Gasteiger partial charge in [-0.3, -0.25) is 0 Å². The molecule has 0 radical (unpaired) electrons. The van der Waals surface area contributed by atoms with Gasteiger partial charge in [0.2, 0.25) is 0 Å². The second-order valence-corrected chi connectivity index (χ2v) is 3.68. The largest absolute Gasteiger partial charge is 0.497 e. The fourth-order valence-electron chi connectivity index (χ4n) is 1.38. The van der Waals surface area contributed by atoms with Crippen LogP contribution in [0.3, 0.4) is 0 Å². The van der Waals surface area contributed by atoms with Crippen molar-refractivity contribution in [3.05, 3.63) is 35.9 Å². The summed E-state index contributed by atoms with van der Waals surface area (Å²) in [5.74, 6) is 0.204. The van der Waals surface area contributed by atoms with Gasteiger partial charge in [0.05, 0.1) is 13.7 Å². The molecule has 0 aliphatic rings. The molecule has 1 rings (SSSR count). The molecular weight excluding hydrogens is 232 g/mol. The second kappa shape index (κ2) is 7.50. The van der Waals surface area contributed by atoms with Crippen LogP contribution in [-0.2, 0) is 9.53 Å². The molecule has 0 saturated heterocycles. The molecule has 0 aliphatic heterocycles. The van der Waals surface area contributed by atoms with E-state index in [4.69, 9.17) is 9.47 Å². The maximum atomic E-state index is 11.1. The van der Waals surface area contributed by atoms with Crippen LogP contribution in [0, 0.1) is 0 Å². The molecule has 0 amide bonds. The molecular formula is C14H18O4. The first kappa shape index (κ1) is 14.3. The van der Waals surface area contributed by atoms with Crippen LogP contribution in [0.25, 0.3) is 6.08 Å². The number of carbonyl (C=O) groups is 1. The zero-order valence-electron chi connectivity index (χ0n) is 10.6. The molecule has 1 atom stereocenters. The normalized spacial score (nSPS) is 12.4. The second-order valence-electron chi connectivity index (χ2n) is 3.68. The summed E-state index contributed by atoms with van der Waals surface area (Å²) in [5, 5.41) is 9.46. The van der Waals surface area contributed by atoms with Crippen LogP contribution in [0.15, 0.2) is 30.3 Å². The fourth-order valence-corrected chi connectivity index (χ4v) is 1.38. The van der Waals surface area contributed by atoms with Crippen LogP contribution in [-0.4, -0.2) is 30.9 Å². The van der Waals surface area contributed by atoms with E-state index in [0.717, 1.165) is 11.3 Å². The third-order valence-corrected chi connectivity index (χ3v) is 2.34. The molecule has 0 bridgehead atoms. The molecule has 4 heteroatoms. The van der Waals surface area contributed by atoms with Crippen LogP contribution in [0.4, 0.5) is 0 Å². The minimum absolute atomic E-state index is 0.241. The number of ether oxygens (including phenoxy) is 2. The van der Waals surface area contributed by atoms with Gasteiger partial charge in [-0.1, -0.05) is 24.3 Å². The molecule has 0 heterocycles. The SMILES string of the molecule is CCOC(=O)C(O)C/C=C/c1ccc(OC)cc1. The number of methoxy groups -OCH3 is 1. The monoisotopic (exact) mass is 250 g/mol. The number of hydrogen-bond acceptors (Lipinski definition) is 4. The van der Waals surface area contributed by atoms with E-state index in [2.05, 4.69) is 0 Å². The van der Waals surface area contributed by atoms with Gasteiger partial charge in [-0.05, 0) is 24.6 Å². The summed E-state index contributed by atoms with van der Waals surface area (Å²) in [4.78, 5) is 11.1. The van der Waals surface area contributed by atoms with Gasteiger partial charge in [0.25, 0.3) is 0 Å². The number of aliphatic hydroxyl groups is 1. The van der Waals surface area contributed by atoms with Gasteiger partial charge in [-0.25, -0.2) is 4.79 Å². The van der Waals surface area contributed by atoms with Crippen molar-refractivity contribution in [1.29, 1.82) is 0 Å². The molecule has 0 spiro atoms. The predicted molar refractivity (Wildman–Crippen MR) is 69.3 cm³/mol. The van der Waals surface area contributed by atoms with E-state index in [0.29, 0.717) is 0 Å². The van der Waals surface area contributed by atoms with Crippen molar-refractivity contribution >= 4 is 12.0 Å². The molecule has 0 saturated carbocycles. The third-order valence-electron chi connectivity index (χ3n) is 2.34. The topological polar surface area (TPSA) is 55.8 Å². The van der Waals surface area contributed by atoms with Crippen LogP contribution in [0.2, 0.25) is 0 Å². The highest BCUT2D eigenvalue weighted by Gasteiger charge is 2.13. The Bertz CT molecular complexity index is 395. The lowest BCUT2D eigenvalue weighted by molar-refractivity contribution is -0.152. The first-order chi connectivity index (χ1) is 8.67. The number of carbonyl (C=O) groups excluding carboxylic acids is 1. The highest BCUT2D eigenvalue weighted by molar-refractivity contribution is 5.74. The van der Waals surface area contributed by atoms with E-state index in [-0.39, 0.29) is 13.0 Å². The quantitative estimate of drug-likeness (QED) is 0.785. The van der Waals surface area contributed by atoms with Gasteiger partial charge in [0.15, 0.2) is 6.10 Å².